The lowest BCUT2D eigenvalue weighted by Gasteiger charge is -2.30. The number of aromatic nitrogens is 2. The smallest absolute Gasteiger partial charge is 0.251 e. The number of amides is 1. The number of carbonyl (C=O) groups is 1. The van der Waals surface area contributed by atoms with E-state index in [1.165, 1.54) is 0 Å². The average molecular weight is 362 g/mol. The monoisotopic (exact) mass is 362 g/mol. The van der Waals surface area contributed by atoms with Crippen LogP contribution in [-0.2, 0) is 4.79 Å². The van der Waals surface area contributed by atoms with Gasteiger partial charge in [-0.3, -0.25) is 9.69 Å². The number of nitrogens with one attached hydrogen (secondary N) is 1. The molecule has 3 rings (SSSR count). The van der Waals surface area contributed by atoms with E-state index in [1.54, 1.807) is 11.2 Å². The third-order valence-electron chi connectivity index (χ3n) is 5.02. The second kappa shape index (κ2) is 7.95. The normalized spacial score (nSPS) is 16.2. The third kappa shape index (κ3) is 4.27. The Kier molecular flexibility index (Phi) is 5.66. The van der Waals surface area contributed by atoms with Crippen LogP contribution in [0.1, 0.15) is 24.2 Å². The quantitative estimate of drug-likeness (QED) is 0.887. The largest absolute Gasteiger partial charge is 0.326 e. The number of hydrogen-bond donors (Lipinski definition) is 1. The summed E-state index contributed by atoms with van der Waals surface area (Å²) in [5, 5.41) is 2.94. The zero-order chi connectivity index (χ0) is 18.7. The molecule has 5 nitrogen and oxygen atoms in total. The summed E-state index contributed by atoms with van der Waals surface area (Å²) in [6.07, 6.45) is 0.696. The minimum atomic E-state index is -2.32. The predicted octanol–water partition coefficient (Wildman–Crippen LogP) is 3.40. The fourth-order valence-corrected chi connectivity index (χ4v) is 3.28. The van der Waals surface area contributed by atoms with Crippen LogP contribution in [0, 0.1) is 19.8 Å². The number of likely N-dealkylation sites (tertiary alicyclic amines) is 1. The molecule has 140 valence electrons. The molecule has 1 amide bonds. The second-order valence-corrected chi connectivity index (χ2v) is 6.79. The van der Waals surface area contributed by atoms with Gasteiger partial charge in [-0.25, -0.2) is 13.8 Å². The van der Waals surface area contributed by atoms with Crippen molar-refractivity contribution in [3.63, 3.8) is 0 Å². The number of carbonyl (C=O) groups excluding carboxylic acids is 1. The van der Waals surface area contributed by atoms with Gasteiger partial charge in [0.15, 0.2) is 0 Å². The molecular weight excluding hydrogens is 338 g/mol. The van der Waals surface area contributed by atoms with Gasteiger partial charge >= 0.3 is 0 Å². The first kappa shape index (κ1) is 18.5. The Bertz CT molecular complexity index is 749. The van der Waals surface area contributed by atoms with E-state index < -0.39 is 6.43 Å². The van der Waals surface area contributed by atoms with E-state index in [2.05, 4.69) is 10.3 Å². The van der Waals surface area contributed by atoms with Crippen LogP contribution < -0.4 is 5.32 Å². The summed E-state index contributed by atoms with van der Waals surface area (Å²) in [6, 6.07) is 7.62. The molecule has 1 aliphatic heterocycles. The molecule has 26 heavy (non-hydrogen) atoms. The summed E-state index contributed by atoms with van der Waals surface area (Å²) in [6.45, 7) is 4.86. The summed E-state index contributed by atoms with van der Waals surface area (Å²) >= 11 is 0. The van der Waals surface area contributed by atoms with Crippen LogP contribution in [0.2, 0.25) is 0 Å². The summed E-state index contributed by atoms with van der Waals surface area (Å²) in [7, 11) is 0. The van der Waals surface area contributed by atoms with Gasteiger partial charge in [-0.15, -0.1) is 0 Å². The van der Waals surface area contributed by atoms with Gasteiger partial charge in [-0.2, -0.15) is 0 Å². The van der Waals surface area contributed by atoms with Gasteiger partial charge in [-0.05, 0) is 64.0 Å². The molecule has 0 unspecified atom stereocenters. The maximum absolute atomic E-state index is 12.4. The molecule has 0 bridgehead atoms. The summed E-state index contributed by atoms with van der Waals surface area (Å²) < 4.78 is 26.8. The van der Waals surface area contributed by atoms with Crippen molar-refractivity contribution in [1.29, 1.82) is 0 Å². The highest BCUT2D eigenvalue weighted by Crippen LogP contribution is 2.21. The van der Waals surface area contributed by atoms with E-state index in [1.807, 2.05) is 42.7 Å². The van der Waals surface area contributed by atoms with Crippen molar-refractivity contribution in [3.05, 3.63) is 42.0 Å². The Morgan fingerprint density at radius 2 is 1.88 bits per heavy atom. The van der Waals surface area contributed by atoms with Crippen LogP contribution in [0.4, 0.5) is 14.5 Å². The topological polar surface area (TPSA) is 50.2 Å². The first-order valence-electron chi connectivity index (χ1n) is 8.86. The molecule has 1 N–H and O–H groups in total. The third-order valence-corrected chi connectivity index (χ3v) is 5.02. The van der Waals surface area contributed by atoms with E-state index in [0.717, 1.165) is 22.8 Å². The Labute approximate surface area is 152 Å². The van der Waals surface area contributed by atoms with Crippen molar-refractivity contribution < 1.29 is 13.6 Å². The van der Waals surface area contributed by atoms with Crippen LogP contribution >= 0.6 is 0 Å². The molecular formula is C19H24F2N4O. The lowest BCUT2D eigenvalue weighted by Crippen LogP contribution is -2.40. The number of imidazole rings is 1. The average Bonchev–Trinajstić information content (AvgIpc) is 2.95. The molecule has 1 aromatic carbocycles. The first-order valence-corrected chi connectivity index (χ1v) is 8.86. The standard InChI is InChI=1S/C19H24F2N4O/c1-13-14(2)25(12-22-13)17-5-3-16(4-6-17)23-19(26)15-7-9-24(10-8-15)11-18(20)21/h3-6,12,15,18H,7-11H2,1-2H3,(H,23,26). The molecule has 0 aliphatic carbocycles. The van der Waals surface area contributed by atoms with Crippen molar-refractivity contribution in [2.75, 3.05) is 25.0 Å². The number of halogens is 2. The van der Waals surface area contributed by atoms with E-state index >= 15 is 0 Å². The number of aryl methyl sites for hydroxylation is 1. The maximum atomic E-state index is 12.4. The van der Waals surface area contributed by atoms with E-state index in [4.69, 9.17) is 0 Å². The molecule has 0 spiro atoms. The van der Waals surface area contributed by atoms with Crippen LogP contribution in [0.25, 0.3) is 5.69 Å². The van der Waals surface area contributed by atoms with Crippen molar-refractivity contribution in [2.45, 2.75) is 33.1 Å². The van der Waals surface area contributed by atoms with Crippen molar-refractivity contribution in [1.82, 2.24) is 14.5 Å². The number of anilines is 1. The summed E-state index contributed by atoms with van der Waals surface area (Å²) in [4.78, 5) is 18.4. The lowest BCUT2D eigenvalue weighted by molar-refractivity contribution is -0.121. The Balaban J connectivity index is 1.56. The fourth-order valence-electron chi connectivity index (χ4n) is 3.28. The molecule has 1 fully saturated rings. The van der Waals surface area contributed by atoms with Gasteiger partial charge in [0.2, 0.25) is 5.91 Å². The fraction of sp³-hybridized carbons (Fsp3) is 0.474. The molecule has 0 atom stereocenters. The minimum absolute atomic E-state index is 0.0379. The SMILES string of the molecule is Cc1ncn(-c2ccc(NC(=O)C3CCN(CC(F)F)CC3)cc2)c1C. The highest BCUT2D eigenvalue weighted by atomic mass is 19.3. The van der Waals surface area contributed by atoms with Gasteiger partial charge in [0, 0.05) is 23.0 Å². The second-order valence-electron chi connectivity index (χ2n) is 6.79. The number of alkyl halides is 2. The van der Waals surface area contributed by atoms with Crippen LogP contribution in [0.3, 0.4) is 0 Å². The zero-order valence-electron chi connectivity index (χ0n) is 15.1. The number of nitrogens with zero attached hydrogens (tertiary/aromatic N) is 3. The molecule has 1 aliphatic rings. The van der Waals surface area contributed by atoms with Crippen molar-refractivity contribution in [2.24, 2.45) is 5.92 Å². The number of benzene rings is 1. The van der Waals surface area contributed by atoms with Gasteiger partial charge in [0.05, 0.1) is 18.6 Å². The minimum Gasteiger partial charge on any atom is -0.326 e. The molecule has 0 radical (unpaired) electrons. The highest BCUT2D eigenvalue weighted by Gasteiger charge is 2.26. The summed E-state index contributed by atoms with van der Waals surface area (Å²) in [5.41, 5.74) is 3.79. The van der Waals surface area contributed by atoms with E-state index in [0.29, 0.717) is 25.9 Å². The number of hydrogen-bond acceptors (Lipinski definition) is 3. The van der Waals surface area contributed by atoms with E-state index in [-0.39, 0.29) is 18.4 Å². The first-order chi connectivity index (χ1) is 12.4. The predicted molar refractivity (Wildman–Crippen MR) is 96.8 cm³/mol. The number of piperidine rings is 1. The van der Waals surface area contributed by atoms with Crippen molar-refractivity contribution in [3.8, 4) is 5.69 Å². The van der Waals surface area contributed by atoms with Gasteiger partial charge < -0.3 is 9.88 Å². The van der Waals surface area contributed by atoms with Gasteiger partial charge in [-0.1, -0.05) is 0 Å². The molecule has 1 saturated heterocycles. The van der Waals surface area contributed by atoms with Crippen LogP contribution in [0.5, 0.6) is 0 Å². The Hall–Kier alpha value is -2.28. The maximum Gasteiger partial charge on any atom is 0.251 e. The molecule has 1 aromatic heterocycles. The Morgan fingerprint density at radius 1 is 1.23 bits per heavy atom. The highest BCUT2D eigenvalue weighted by molar-refractivity contribution is 5.92. The Morgan fingerprint density at radius 3 is 2.42 bits per heavy atom. The van der Waals surface area contributed by atoms with Gasteiger partial charge in [0.25, 0.3) is 6.43 Å². The number of rotatable bonds is 5. The lowest BCUT2D eigenvalue weighted by atomic mass is 9.96. The van der Waals surface area contributed by atoms with E-state index in [9.17, 15) is 13.6 Å². The molecule has 7 heteroatoms. The zero-order valence-corrected chi connectivity index (χ0v) is 15.1. The molecule has 0 saturated carbocycles. The molecule has 2 heterocycles. The van der Waals surface area contributed by atoms with Gasteiger partial charge in [0.1, 0.15) is 0 Å². The summed E-state index contributed by atoms with van der Waals surface area (Å²) in [5.74, 6) is -0.161. The molecule has 2 aromatic rings. The van der Waals surface area contributed by atoms with Crippen LogP contribution in [0.15, 0.2) is 30.6 Å². The van der Waals surface area contributed by atoms with Crippen molar-refractivity contribution >= 4 is 11.6 Å². The van der Waals surface area contributed by atoms with Crippen LogP contribution in [-0.4, -0.2) is 46.4 Å².